The van der Waals surface area contributed by atoms with Crippen LogP contribution in [0.5, 0.6) is 0 Å². The average molecular weight is 305 g/mol. The number of fused-ring (bicyclic) bond motifs is 3. The lowest BCUT2D eigenvalue weighted by atomic mass is 9.85. The number of benzene rings is 1. The molecule has 0 spiro atoms. The maximum absolute atomic E-state index is 11.9. The number of nitrogens with two attached hydrogens (primary N) is 1. The zero-order valence-electron chi connectivity index (χ0n) is 12.6. The summed E-state index contributed by atoms with van der Waals surface area (Å²) in [5, 5.41) is 4.49. The van der Waals surface area contributed by atoms with E-state index in [0.717, 1.165) is 34.6 Å². The van der Waals surface area contributed by atoms with Crippen molar-refractivity contribution in [1.29, 1.82) is 0 Å². The Hall–Kier alpha value is -3.02. The van der Waals surface area contributed by atoms with Crippen molar-refractivity contribution in [2.24, 2.45) is 5.73 Å². The van der Waals surface area contributed by atoms with Crippen LogP contribution in [-0.2, 0) is 6.42 Å². The van der Waals surface area contributed by atoms with Crippen LogP contribution in [0.4, 0.5) is 0 Å². The fourth-order valence-electron chi connectivity index (χ4n) is 3.22. The molecule has 1 atom stereocenters. The Balaban J connectivity index is 2.08. The highest BCUT2D eigenvalue weighted by molar-refractivity contribution is 5.95. The molecule has 6 heteroatoms. The number of carbonyl (C=O) groups excluding carboxylic acids is 1. The number of carbonyl (C=O) groups is 1. The number of nitrogens with zero attached hydrogens (tertiary/aromatic N) is 4. The van der Waals surface area contributed by atoms with Crippen molar-refractivity contribution in [3.63, 3.8) is 0 Å². The highest BCUT2D eigenvalue weighted by Crippen LogP contribution is 2.40. The predicted octanol–water partition coefficient (Wildman–Crippen LogP) is 2.09. The molecule has 0 aliphatic heterocycles. The highest BCUT2D eigenvalue weighted by Gasteiger charge is 2.33. The lowest BCUT2D eigenvalue weighted by molar-refractivity contribution is 0.0994. The summed E-state index contributed by atoms with van der Waals surface area (Å²) in [6.07, 6.45) is 4.11. The van der Waals surface area contributed by atoms with E-state index >= 15 is 0 Å². The molecule has 1 aliphatic rings. The summed E-state index contributed by atoms with van der Waals surface area (Å²) in [6.45, 7) is 2.07. The van der Waals surface area contributed by atoms with Crippen LogP contribution in [0.15, 0.2) is 42.9 Å². The second-order valence-electron chi connectivity index (χ2n) is 5.72. The molecule has 6 nitrogen and oxygen atoms in total. The van der Waals surface area contributed by atoms with Gasteiger partial charge in [-0.1, -0.05) is 25.1 Å². The van der Waals surface area contributed by atoms with Gasteiger partial charge in [0.15, 0.2) is 5.69 Å². The van der Waals surface area contributed by atoms with E-state index in [-0.39, 0.29) is 5.92 Å². The third-order valence-corrected chi connectivity index (χ3v) is 4.19. The number of amides is 1. The van der Waals surface area contributed by atoms with Crippen LogP contribution >= 0.6 is 0 Å². The van der Waals surface area contributed by atoms with Crippen molar-refractivity contribution in [1.82, 2.24) is 19.7 Å². The molecule has 0 fully saturated rings. The monoisotopic (exact) mass is 305 g/mol. The molecule has 1 aromatic carbocycles. The Morgan fingerprint density at radius 3 is 2.83 bits per heavy atom. The van der Waals surface area contributed by atoms with Crippen LogP contribution in [0.2, 0.25) is 0 Å². The number of aromatic nitrogens is 4. The minimum atomic E-state index is -0.514. The van der Waals surface area contributed by atoms with Gasteiger partial charge in [0.1, 0.15) is 6.33 Å². The Labute approximate surface area is 133 Å². The van der Waals surface area contributed by atoms with Gasteiger partial charge in [-0.3, -0.25) is 4.79 Å². The maximum atomic E-state index is 11.9. The van der Waals surface area contributed by atoms with Crippen LogP contribution in [0.25, 0.3) is 17.1 Å². The van der Waals surface area contributed by atoms with Gasteiger partial charge in [0.2, 0.25) is 0 Å². The Morgan fingerprint density at radius 1 is 1.30 bits per heavy atom. The first-order valence-electron chi connectivity index (χ1n) is 7.44. The van der Waals surface area contributed by atoms with Crippen LogP contribution in [0, 0.1) is 0 Å². The Kier molecular flexibility index (Phi) is 2.97. The molecule has 1 unspecified atom stereocenters. The van der Waals surface area contributed by atoms with Crippen molar-refractivity contribution in [3.05, 3.63) is 59.7 Å². The van der Waals surface area contributed by atoms with Crippen LogP contribution < -0.4 is 5.73 Å². The van der Waals surface area contributed by atoms with Gasteiger partial charge in [-0.05, 0) is 30.0 Å². The van der Waals surface area contributed by atoms with Gasteiger partial charge < -0.3 is 5.73 Å². The zero-order valence-corrected chi connectivity index (χ0v) is 12.6. The van der Waals surface area contributed by atoms with E-state index in [2.05, 4.69) is 22.0 Å². The van der Waals surface area contributed by atoms with Crippen LogP contribution in [0.3, 0.4) is 0 Å². The molecule has 3 aromatic rings. The van der Waals surface area contributed by atoms with E-state index in [4.69, 9.17) is 5.73 Å². The van der Waals surface area contributed by atoms with Gasteiger partial charge in [0, 0.05) is 11.8 Å². The fraction of sp³-hybridized carbons (Fsp3) is 0.176. The summed E-state index contributed by atoms with van der Waals surface area (Å²) in [5.41, 5.74) is 10.3. The number of hydrogen-bond donors (Lipinski definition) is 1. The number of para-hydroxylation sites is 1. The van der Waals surface area contributed by atoms with Gasteiger partial charge in [0.25, 0.3) is 5.91 Å². The molecular weight excluding hydrogens is 290 g/mol. The second kappa shape index (κ2) is 5.01. The van der Waals surface area contributed by atoms with Crippen LogP contribution in [-0.4, -0.2) is 25.7 Å². The lowest BCUT2D eigenvalue weighted by Gasteiger charge is -2.22. The Bertz CT molecular complexity index is 901. The second-order valence-corrected chi connectivity index (χ2v) is 5.72. The molecule has 2 heterocycles. The molecule has 0 radical (unpaired) electrons. The standard InChI is InChI=1S/C17H15N5O/c1-10-7-11-8-19-9-20-14(11)16-13(10)15(17(18)23)21-22(16)12-5-3-2-4-6-12/h2-6,8-10H,7H2,1H3,(H2,18,23). The van der Waals surface area contributed by atoms with Gasteiger partial charge in [-0.2, -0.15) is 5.10 Å². The minimum absolute atomic E-state index is 0.128. The minimum Gasteiger partial charge on any atom is -0.364 e. The van der Waals surface area contributed by atoms with Crippen LogP contribution in [0.1, 0.15) is 34.5 Å². The van der Waals surface area contributed by atoms with E-state index in [1.165, 1.54) is 6.33 Å². The highest BCUT2D eigenvalue weighted by atomic mass is 16.1. The average Bonchev–Trinajstić information content (AvgIpc) is 2.97. The molecule has 1 aliphatic carbocycles. The quantitative estimate of drug-likeness (QED) is 0.785. The summed E-state index contributed by atoms with van der Waals surface area (Å²) in [5.74, 6) is -0.385. The van der Waals surface area contributed by atoms with E-state index in [9.17, 15) is 4.79 Å². The van der Waals surface area contributed by atoms with Crippen molar-refractivity contribution in [3.8, 4) is 17.1 Å². The molecule has 0 saturated heterocycles. The smallest absolute Gasteiger partial charge is 0.269 e. The summed E-state index contributed by atoms with van der Waals surface area (Å²) in [4.78, 5) is 20.4. The first kappa shape index (κ1) is 13.6. The van der Waals surface area contributed by atoms with Gasteiger partial charge >= 0.3 is 0 Å². The molecule has 114 valence electrons. The van der Waals surface area contributed by atoms with Gasteiger partial charge in [-0.25, -0.2) is 14.6 Å². The third-order valence-electron chi connectivity index (χ3n) is 4.19. The van der Waals surface area contributed by atoms with Gasteiger partial charge in [0.05, 0.1) is 17.1 Å². The van der Waals surface area contributed by atoms with Gasteiger partial charge in [-0.15, -0.1) is 0 Å². The SMILES string of the molecule is CC1Cc2cncnc2-c2c1c(C(N)=O)nn2-c1ccccc1. The topological polar surface area (TPSA) is 86.7 Å². The third kappa shape index (κ3) is 2.03. The van der Waals surface area contributed by atoms with E-state index in [0.29, 0.717) is 5.69 Å². The summed E-state index contributed by atoms with van der Waals surface area (Å²) in [7, 11) is 0. The Morgan fingerprint density at radius 2 is 2.09 bits per heavy atom. The van der Waals surface area contributed by atoms with E-state index in [1.54, 1.807) is 4.68 Å². The largest absolute Gasteiger partial charge is 0.364 e. The summed E-state index contributed by atoms with van der Waals surface area (Å²) in [6, 6.07) is 9.69. The molecule has 4 rings (SSSR count). The molecule has 0 bridgehead atoms. The molecule has 1 amide bonds. The van der Waals surface area contributed by atoms with Crippen molar-refractivity contribution in [2.75, 3.05) is 0 Å². The number of primary amides is 1. The van der Waals surface area contributed by atoms with Crippen molar-refractivity contribution < 1.29 is 4.79 Å². The zero-order chi connectivity index (χ0) is 16.0. The fourth-order valence-corrected chi connectivity index (χ4v) is 3.22. The molecule has 0 saturated carbocycles. The first-order chi connectivity index (χ1) is 11.2. The van der Waals surface area contributed by atoms with Crippen molar-refractivity contribution in [2.45, 2.75) is 19.3 Å². The molecule has 2 N–H and O–H groups in total. The first-order valence-corrected chi connectivity index (χ1v) is 7.44. The molecular formula is C17H15N5O. The lowest BCUT2D eigenvalue weighted by Crippen LogP contribution is -2.17. The maximum Gasteiger partial charge on any atom is 0.269 e. The number of rotatable bonds is 2. The predicted molar refractivity (Wildman–Crippen MR) is 85.2 cm³/mol. The van der Waals surface area contributed by atoms with E-state index < -0.39 is 5.91 Å². The normalized spacial score (nSPS) is 15.8. The molecule has 23 heavy (non-hydrogen) atoms. The number of hydrogen-bond acceptors (Lipinski definition) is 4. The van der Waals surface area contributed by atoms with E-state index in [1.807, 2.05) is 36.5 Å². The van der Waals surface area contributed by atoms with Crippen molar-refractivity contribution >= 4 is 5.91 Å². The summed E-state index contributed by atoms with van der Waals surface area (Å²) < 4.78 is 1.76. The molecule has 2 aromatic heterocycles. The summed E-state index contributed by atoms with van der Waals surface area (Å²) >= 11 is 0.